The maximum Gasteiger partial charge on any atom is 0.271 e. The van der Waals surface area contributed by atoms with Crippen molar-refractivity contribution in [3.05, 3.63) is 93.3 Å². The number of benzene rings is 3. The van der Waals surface area contributed by atoms with Crippen molar-refractivity contribution >= 4 is 63.5 Å². The highest BCUT2D eigenvalue weighted by Gasteiger charge is 2.34. The number of hydrogen-bond acceptors (Lipinski definition) is 4. The van der Waals surface area contributed by atoms with E-state index >= 15 is 0 Å². The Kier molecular flexibility index (Phi) is 7.20. The van der Waals surface area contributed by atoms with Gasteiger partial charge < -0.3 is 4.74 Å². The first-order valence-corrected chi connectivity index (χ1v) is 11.7. The van der Waals surface area contributed by atoms with Crippen molar-refractivity contribution in [2.24, 2.45) is 4.99 Å². The zero-order valence-corrected chi connectivity index (χ0v) is 19.6. The van der Waals surface area contributed by atoms with Gasteiger partial charge in [-0.15, -0.1) is 0 Å². The van der Waals surface area contributed by atoms with Crippen molar-refractivity contribution in [1.29, 1.82) is 0 Å². The fourth-order valence-electron chi connectivity index (χ4n) is 3.02. The summed E-state index contributed by atoms with van der Waals surface area (Å²) in [6.45, 7) is 2.74. The molecule has 4 nitrogen and oxygen atoms in total. The number of thioether (sulfide) groups is 1. The van der Waals surface area contributed by atoms with Gasteiger partial charge in [0.25, 0.3) is 5.91 Å². The first-order valence-electron chi connectivity index (χ1n) is 10.1. The fourth-order valence-corrected chi connectivity index (χ4v) is 4.28. The van der Waals surface area contributed by atoms with Crippen LogP contribution in [0.4, 0.5) is 11.4 Å². The van der Waals surface area contributed by atoms with Gasteiger partial charge in [0.1, 0.15) is 5.75 Å². The molecule has 3 aromatic carbocycles. The van der Waals surface area contributed by atoms with E-state index in [4.69, 9.17) is 32.9 Å². The number of ether oxygens (including phenoxy) is 1. The molecule has 1 saturated heterocycles. The van der Waals surface area contributed by atoms with Crippen molar-refractivity contribution < 1.29 is 9.53 Å². The topological polar surface area (TPSA) is 41.9 Å². The Morgan fingerprint density at radius 2 is 1.56 bits per heavy atom. The Balaban J connectivity index is 1.67. The lowest BCUT2D eigenvalue weighted by molar-refractivity contribution is -0.113. The molecular formula is C25H20Cl2N2O2S. The summed E-state index contributed by atoms with van der Waals surface area (Å²) in [5.74, 6) is 0.670. The lowest BCUT2D eigenvalue weighted by Crippen LogP contribution is -2.28. The van der Waals surface area contributed by atoms with Gasteiger partial charge in [-0.25, -0.2) is 4.99 Å². The molecule has 4 rings (SSSR count). The molecule has 0 aromatic heterocycles. The highest BCUT2D eigenvalue weighted by atomic mass is 35.5. The molecule has 0 aliphatic carbocycles. The summed E-state index contributed by atoms with van der Waals surface area (Å²) in [4.78, 5) is 20.2. The highest BCUT2D eigenvalue weighted by molar-refractivity contribution is 8.19. The van der Waals surface area contributed by atoms with Crippen LogP contribution in [0.5, 0.6) is 5.75 Å². The lowest BCUT2D eigenvalue weighted by Gasteiger charge is -2.15. The van der Waals surface area contributed by atoms with E-state index in [1.807, 2.05) is 42.5 Å². The summed E-state index contributed by atoms with van der Waals surface area (Å²) >= 11 is 13.4. The van der Waals surface area contributed by atoms with E-state index in [0.717, 1.165) is 17.7 Å². The molecule has 0 radical (unpaired) electrons. The van der Waals surface area contributed by atoms with Gasteiger partial charge in [-0.05, 0) is 90.5 Å². The summed E-state index contributed by atoms with van der Waals surface area (Å²) in [6, 6.07) is 22.0. The third-order valence-electron chi connectivity index (χ3n) is 4.59. The molecule has 162 valence electrons. The van der Waals surface area contributed by atoms with Crippen LogP contribution in [0.2, 0.25) is 10.0 Å². The Bertz CT molecular complexity index is 1160. The summed E-state index contributed by atoms with van der Waals surface area (Å²) in [5, 5.41) is 1.80. The van der Waals surface area contributed by atoms with Crippen LogP contribution in [0.15, 0.2) is 82.7 Å². The van der Waals surface area contributed by atoms with Crippen LogP contribution in [0.1, 0.15) is 18.9 Å². The quantitative estimate of drug-likeness (QED) is 0.339. The molecule has 0 spiro atoms. The van der Waals surface area contributed by atoms with Crippen molar-refractivity contribution in [2.75, 3.05) is 11.5 Å². The Morgan fingerprint density at radius 1 is 0.938 bits per heavy atom. The highest BCUT2D eigenvalue weighted by Crippen LogP contribution is 2.38. The number of halogens is 2. The van der Waals surface area contributed by atoms with E-state index in [1.54, 1.807) is 41.3 Å². The maximum atomic E-state index is 13.3. The fraction of sp³-hybridized carbons (Fsp3) is 0.120. The second-order valence-electron chi connectivity index (χ2n) is 7.02. The molecule has 1 amide bonds. The molecule has 32 heavy (non-hydrogen) atoms. The van der Waals surface area contributed by atoms with Gasteiger partial charge in [0.05, 0.1) is 22.9 Å². The van der Waals surface area contributed by atoms with Crippen LogP contribution in [0.25, 0.3) is 6.08 Å². The van der Waals surface area contributed by atoms with Crippen LogP contribution >= 0.6 is 35.0 Å². The summed E-state index contributed by atoms with van der Waals surface area (Å²) in [7, 11) is 0. The third-order valence-corrected chi connectivity index (χ3v) is 6.07. The van der Waals surface area contributed by atoms with Crippen LogP contribution in [0, 0.1) is 0 Å². The van der Waals surface area contributed by atoms with Crippen LogP contribution in [0.3, 0.4) is 0 Å². The Morgan fingerprint density at radius 3 is 2.19 bits per heavy atom. The first-order chi connectivity index (χ1) is 15.5. The number of aliphatic imine (C=N–C) groups is 1. The van der Waals surface area contributed by atoms with Gasteiger partial charge in [0, 0.05) is 10.0 Å². The van der Waals surface area contributed by atoms with Crippen LogP contribution < -0.4 is 9.64 Å². The van der Waals surface area contributed by atoms with E-state index < -0.39 is 0 Å². The van der Waals surface area contributed by atoms with Crippen molar-refractivity contribution in [2.45, 2.75) is 13.3 Å². The van der Waals surface area contributed by atoms with Gasteiger partial charge in [-0.1, -0.05) is 42.3 Å². The summed E-state index contributed by atoms with van der Waals surface area (Å²) in [6.07, 6.45) is 2.82. The Labute approximate surface area is 201 Å². The zero-order valence-electron chi connectivity index (χ0n) is 17.3. The maximum absolute atomic E-state index is 13.3. The number of carbonyl (C=O) groups excluding carboxylic acids is 1. The second kappa shape index (κ2) is 10.3. The van der Waals surface area contributed by atoms with E-state index in [1.165, 1.54) is 11.8 Å². The molecule has 1 heterocycles. The largest absolute Gasteiger partial charge is 0.494 e. The molecule has 0 atom stereocenters. The third kappa shape index (κ3) is 5.36. The minimum Gasteiger partial charge on any atom is -0.494 e. The predicted molar refractivity (Wildman–Crippen MR) is 135 cm³/mol. The summed E-state index contributed by atoms with van der Waals surface area (Å²) in [5.41, 5.74) is 2.32. The monoisotopic (exact) mass is 482 g/mol. The first kappa shape index (κ1) is 22.5. The van der Waals surface area contributed by atoms with Crippen LogP contribution in [-0.2, 0) is 4.79 Å². The number of hydrogen-bond donors (Lipinski definition) is 0. The van der Waals surface area contributed by atoms with Crippen LogP contribution in [-0.4, -0.2) is 17.7 Å². The van der Waals surface area contributed by atoms with E-state index in [0.29, 0.717) is 38.1 Å². The number of nitrogens with zero attached hydrogens (tertiary/aromatic N) is 2. The van der Waals surface area contributed by atoms with Gasteiger partial charge in [-0.2, -0.15) is 0 Å². The molecule has 1 aliphatic heterocycles. The number of rotatable bonds is 6. The number of amides is 1. The standard InChI is InChI=1S/C25H20Cl2N2O2S/c1-2-15-31-22-13-3-17(4-14-22)16-23-24(30)29(21-11-7-19(27)8-12-21)25(32-23)28-20-9-5-18(26)6-10-20/h3-14,16H,2,15H2,1H3/b23-16-,28-25?. The summed E-state index contributed by atoms with van der Waals surface area (Å²) < 4.78 is 5.64. The SMILES string of the molecule is CCCOc1ccc(/C=C2\SC(=Nc3ccc(Cl)cc3)N(c3ccc(Cl)cc3)C2=O)cc1. The minimum absolute atomic E-state index is 0.142. The molecule has 0 saturated carbocycles. The molecular weight excluding hydrogens is 463 g/mol. The zero-order chi connectivity index (χ0) is 22.5. The minimum atomic E-state index is -0.142. The van der Waals surface area contributed by atoms with Crippen molar-refractivity contribution in [1.82, 2.24) is 0 Å². The number of anilines is 1. The number of carbonyl (C=O) groups is 1. The second-order valence-corrected chi connectivity index (χ2v) is 8.90. The van der Waals surface area contributed by atoms with Crippen molar-refractivity contribution in [3.63, 3.8) is 0 Å². The van der Waals surface area contributed by atoms with Gasteiger partial charge >= 0.3 is 0 Å². The molecule has 0 bridgehead atoms. The van der Waals surface area contributed by atoms with E-state index in [2.05, 4.69) is 6.92 Å². The number of amidine groups is 1. The molecule has 0 unspecified atom stereocenters. The Hall–Kier alpha value is -2.73. The smallest absolute Gasteiger partial charge is 0.271 e. The van der Waals surface area contributed by atoms with Crippen molar-refractivity contribution in [3.8, 4) is 5.75 Å². The molecule has 1 fully saturated rings. The molecule has 3 aromatic rings. The van der Waals surface area contributed by atoms with Gasteiger partial charge in [-0.3, -0.25) is 9.69 Å². The van der Waals surface area contributed by atoms with E-state index in [9.17, 15) is 4.79 Å². The average Bonchev–Trinajstić information content (AvgIpc) is 3.10. The lowest BCUT2D eigenvalue weighted by atomic mass is 10.2. The molecule has 7 heteroatoms. The van der Waals surface area contributed by atoms with Gasteiger partial charge in [0.2, 0.25) is 0 Å². The van der Waals surface area contributed by atoms with E-state index in [-0.39, 0.29) is 5.91 Å². The predicted octanol–water partition coefficient (Wildman–Crippen LogP) is 7.59. The van der Waals surface area contributed by atoms with Gasteiger partial charge in [0.15, 0.2) is 5.17 Å². The molecule has 0 N–H and O–H groups in total. The molecule has 1 aliphatic rings. The average molecular weight is 483 g/mol. The normalized spacial score (nSPS) is 16.2.